The first kappa shape index (κ1) is 13.4. The summed E-state index contributed by atoms with van der Waals surface area (Å²) in [6.07, 6.45) is 2.07. The highest BCUT2D eigenvalue weighted by atomic mass is 16.4. The summed E-state index contributed by atoms with van der Waals surface area (Å²) in [5.74, 6) is -1.02. The molecule has 1 N–H and O–H groups in total. The van der Waals surface area contributed by atoms with E-state index in [1.54, 1.807) is 30.1 Å². The molecule has 1 aliphatic carbocycles. The molecule has 1 saturated carbocycles. The molecule has 0 aromatic heterocycles. The Bertz CT molecular complexity index is 497. The van der Waals surface area contributed by atoms with Gasteiger partial charge in [-0.3, -0.25) is 4.90 Å². The van der Waals surface area contributed by atoms with E-state index in [0.717, 1.165) is 12.8 Å². The van der Waals surface area contributed by atoms with Crippen molar-refractivity contribution in [3.05, 3.63) is 29.8 Å². The molecule has 0 unspecified atom stereocenters. The number of aromatic carboxylic acids is 1. The van der Waals surface area contributed by atoms with Crippen LogP contribution in [0.3, 0.4) is 0 Å². The molecule has 0 radical (unpaired) electrons. The molecule has 1 aromatic carbocycles. The minimum Gasteiger partial charge on any atom is -0.478 e. The molecule has 1 aliphatic rings. The summed E-state index contributed by atoms with van der Waals surface area (Å²) in [5, 5.41) is 9.16. The Labute approximate surface area is 112 Å². The number of para-hydroxylation sites is 1. The summed E-state index contributed by atoms with van der Waals surface area (Å²) in [6.45, 7) is 2.58. The Morgan fingerprint density at radius 3 is 2.47 bits per heavy atom. The van der Waals surface area contributed by atoms with E-state index in [-0.39, 0.29) is 11.6 Å². The molecule has 2 amide bonds. The maximum Gasteiger partial charge on any atom is 0.337 e. The van der Waals surface area contributed by atoms with Crippen LogP contribution in [0.15, 0.2) is 24.3 Å². The quantitative estimate of drug-likeness (QED) is 0.906. The molecule has 2 rings (SSSR count). The monoisotopic (exact) mass is 262 g/mol. The van der Waals surface area contributed by atoms with Crippen molar-refractivity contribution < 1.29 is 14.7 Å². The van der Waals surface area contributed by atoms with Gasteiger partial charge in [0.05, 0.1) is 11.3 Å². The van der Waals surface area contributed by atoms with Crippen LogP contribution < -0.4 is 4.90 Å². The number of carbonyl (C=O) groups is 2. The number of nitrogens with zero attached hydrogens (tertiary/aromatic N) is 2. The Morgan fingerprint density at radius 1 is 1.32 bits per heavy atom. The maximum absolute atomic E-state index is 12.4. The lowest BCUT2D eigenvalue weighted by Gasteiger charge is -2.28. The molecule has 0 saturated heterocycles. The van der Waals surface area contributed by atoms with Gasteiger partial charge >= 0.3 is 12.0 Å². The summed E-state index contributed by atoms with van der Waals surface area (Å²) in [6, 6.07) is 6.73. The fraction of sp³-hybridized carbons (Fsp3) is 0.429. The largest absolute Gasteiger partial charge is 0.478 e. The molecule has 0 heterocycles. The van der Waals surface area contributed by atoms with Crippen LogP contribution in [0, 0.1) is 0 Å². The zero-order valence-electron chi connectivity index (χ0n) is 11.2. The molecule has 102 valence electrons. The van der Waals surface area contributed by atoms with E-state index in [2.05, 4.69) is 0 Å². The van der Waals surface area contributed by atoms with Crippen LogP contribution >= 0.6 is 0 Å². The summed E-state index contributed by atoms with van der Waals surface area (Å²) < 4.78 is 0. The number of carboxylic acids is 1. The third-order valence-electron chi connectivity index (χ3n) is 3.36. The first-order valence-electron chi connectivity index (χ1n) is 6.43. The van der Waals surface area contributed by atoms with Crippen molar-refractivity contribution >= 4 is 17.7 Å². The molecule has 0 aliphatic heterocycles. The second kappa shape index (κ2) is 5.30. The standard InChI is InChI=1S/C14H18N2O3/c1-3-16(10-8-9-10)14(19)15(2)12-7-5-4-6-11(12)13(17)18/h4-7,10H,3,8-9H2,1-2H3,(H,17,18). The topological polar surface area (TPSA) is 60.9 Å². The highest BCUT2D eigenvalue weighted by molar-refractivity contribution is 6.01. The normalized spacial score (nSPS) is 14.0. The molecular formula is C14H18N2O3. The van der Waals surface area contributed by atoms with E-state index < -0.39 is 5.97 Å². The molecule has 0 atom stereocenters. The number of hydrogen-bond donors (Lipinski definition) is 1. The van der Waals surface area contributed by atoms with Gasteiger partial charge in [0.1, 0.15) is 0 Å². The lowest BCUT2D eigenvalue weighted by molar-refractivity contribution is 0.0697. The predicted molar refractivity (Wildman–Crippen MR) is 72.6 cm³/mol. The van der Waals surface area contributed by atoms with Gasteiger partial charge < -0.3 is 10.0 Å². The van der Waals surface area contributed by atoms with Crippen molar-refractivity contribution in [2.45, 2.75) is 25.8 Å². The van der Waals surface area contributed by atoms with E-state index >= 15 is 0 Å². The average Bonchev–Trinajstić information content (AvgIpc) is 3.23. The van der Waals surface area contributed by atoms with Gasteiger partial charge in [0.2, 0.25) is 0 Å². The van der Waals surface area contributed by atoms with E-state index in [4.69, 9.17) is 5.11 Å². The van der Waals surface area contributed by atoms with Gasteiger partial charge in [-0.15, -0.1) is 0 Å². The van der Waals surface area contributed by atoms with Crippen molar-refractivity contribution in [3.8, 4) is 0 Å². The average molecular weight is 262 g/mol. The summed E-state index contributed by atoms with van der Waals surface area (Å²) >= 11 is 0. The fourth-order valence-electron chi connectivity index (χ4n) is 2.18. The Kier molecular flexibility index (Phi) is 3.74. The Morgan fingerprint density at radius 2 is 1.95 bits per heavy atom. The van der Waals surface area contributed by atoms with Gasteiger partial charge in [-0.25, -0.2) is 9.59 Å². The zero-order chi connectivity index (χ0) is 14.0. The van der Waals surface area contributed by atoms with Crippen molar-refractivity contribution in [3.63, 3.8) is 0 Å². The second-order valence-corrected chi connectivity index (χ2v) is 4.68. The number of anilines is 1. The van der Waals surface area contributed by atoms with E-state index in [0.29, 0.717) is 18.3 Å². The van der Waals surface area contributed by atoms with Crippen molar-refractivity contribution in [1.29, 1.82) is 0 Å². The van der Waals surface area contributed by atoms with Gasteiger partial charge in [0, 0.05) is 19.6 Å². The van der Waals surface area contributed by atoms with E-state index in [1.807, 2.05) is 6.92 Å². The first-order chi connectivity index (χ1) is 9.06. The molecule has 5 nitrogen and oxygen atoms in total. The van der Waals surface area contributed by atoms with Crippen molar-refractivity contribution in [2.75, 3.05) is 18.5 Å². The Balaban J connectivity index is 2.25. The van der Waals surface area contributed by atoms with Gasteiger partial charge in [-0.2, -0.15) is 0 Å². The second-order valence-electron chi connectivity index (χ2n) is 4.68. The first-order valence-corrected chi connectivity index (χ1v) is 6.43. The summed E-state index contributed by atoms with van der Waals surface area (Å²) in [7, 11) is 1.62. The third-order valence-corrected chi connectivity index (χ3v) is 3.36. The Hall–Kier alpha value is -2.04. The molecule has 19 heavy (non-hydrogen) atoms. The highest BCUT2D eigenvalue weighted by Crippen LogP contribution is 2.29. The minimum atomic E-state index is -1.02. The van der Waals surface area contributed by atoms with Crippen molar-refractivity contribution in [2.24, 2.45) is 0 Å². The van der Waals surface area contributed by atoms with Gasteiger partial charge in [0.15, 0.2) is 0 Å². The molecular weight excluding hydrogens is 244 g/mol. The summed E-state index contributed by atoms with van der Waals surface area (Å²) in [5.41, 5.74) is 0.573. The van der Waals surface area contributed by atoms with Gasteiger partial charge in [-0.1, -0.05) is 12.1 Å². The molecule has 0 bridgehead atoms. The van der Waals surface area contributed by atoms with Crippen LogP contribution in [0.25, 0.3) is 0 Å². The zero-order valence-corrected chi connectivity index (χ0v) is 11.2. The number of rotatable bonds is 4. The maximum atomic E-state index is 12.4. The van der Waals surface area contributed by atoms with Gasteiger partial charge in [-0.05, 0) is 31.9 Å². The van der Waals surface area contributed by atoms with Crippen molar-refractivity contribution in [1.82, 2.24) is 4.90 Å². The number of amides is 2. The van der Waals surface area contributed by atoms with Crippen LogP contribution in [0.5, 0.6) is 0 Å². The van der Waals surface area contributed by atoms with Gasteiger partial charge in [0.25, 0.3) is 0 Å². The third kappa shape index (κ3) is 2.70. The number of urea groups is 1. The molecule has 5 heteroatoms. The number of carboxylic acid groups (broad SMARTS) is 1. The molecule has 1 fully saturated rings. The van der Waals surface area contributed by atoms with E-state index in [1.165, 1.54) is 11.0 Å². The SMILES string of the molecule is CCN(C(=O)N(C)c1ccccc1C(=O)O)C1CC1. The lowest BCUT2D eigenvalue weighted by atomic mass is 10.1. The predicted octanol–water partition coefficient (Wildman–Crippen LogP) is 2.43. The number of hydrogen-bond acceptors (Lipinski definition) is 2. The van der Waals surface area contributed by atoms with Crippen LogP contribution in [-0.4, -0.2) is 41.6 Å². The highest BCUT2D eigenvalue weighted by Gasteiger charge is 2.33. The summed E-state index contributed by atoms with van der Waals surface area (Å²) in [4.78, 5) is 26.8. The van der Waals surface area contributed by atoms with Crippen LogP contribution in [0.2, 0.25) is 0 Å². The smallest absolute Gasteiger partial charge is 0.337 e. The van der Waals surface area contributed by atoms with E-state index in [9.17, 15) is 9.59 Å². The number of carbonyl (C=O) groups excluding carboxylic acids is 1. The van der Waals surface area contributed by atoms with Crippen LogP contribution in [0.4, 0.5) is 10.5 Å². The molecule has 1 aromatic rings. The van der Waals surface area contributed by atoms with Crippen LogP contribution in [-0.2, 0) is 0 Å². The van der Waals surface area contributed by atoms with Crippen LogP contribution in [0.1, 0.15) is 30.1 Å². The minimum absolute atomic E-state index is 0.140. The number of benzene rings is 1. The lowest BCUT2D eigenvalue weighted by Crippen LogP contribution is -2.43. The fourth-order valence-corrected chi connectivity index (χ4v) is 2.18. The molecule has 0 spiro atoms.